The molecule has 0 unspecified atom stereocenters. The lowest BCUT2D eigenvalue weighted by Crippen LogP contribution is -2.23. The highest BCUT2D eigenvalue weighted by Crippen LogP contribution is 2.49. The highest BCUT2D eigenvalue weighted by Gasteiger charge is 2.52. The van der Waals surface area contributed by atoms with E-state index in [1.807, 2.05) is 50.2 Å². The van der Waals surface area contributed by atoms with Crippen molar-refractivity contribution in [1.82, 2.24) is 5.16 Å². The van der Waals surface area contributed by atoms with E-state index in [1.54, 1.807) is 0 Å². The Morgan fingerprint density at radius 2 is 1.53 bits per heavy atom. The summed E-state index contributed by atoms with van der Waals surface area (Å²) in [6.45, 7) is 10.3. The number of Topliss-reactive ketones (excluding diaryl/α,β-unsaturated/α-hetero) is 1. The molecule has 3 aromatic rings. The lowest BCUT2D eigenvalue weighted by molar-refractivity contribution is -0.146. The number of benzene rings is 2. The third-order valence-corrected chi connectivity index (χ3v) is 6.42. The first-order chi connectivity index (χ1) is 16.1. The molecule has 1 heterocycles. The molecule has 0 radical (unpaired) electrons. The number of ketones is 1. The maximum atomic E-state index is 12.6. The van der Waals surface area contributed by atoms with Gasteiger partial charge in [0.2, 0.25) is 0 Å². The Morgan fingerprint density at radius 1 is 0.971 bits per heavy atom. The molecule has 0 N–H and O–H groups in total. The monoisotopic (exact) mass is 459 g/mol. The van der Waals surface area contributed by atoms with Gasteiger partial charge in [-0.15, -0.1) is 0 Å². The van der Waals surface area contributed by atoms with Crippen LogP contribution in [0.2, 0.25) is 0 Å². The Labute approximate surface area is 201 Å². The van der Waals surface area contributed by atoms with E-state index in [1.165, 1.54) is 0 Å². The first-order valence-electron chi connectivity index (χ1n) is 12.0. The second-order valence-corrected chi connectivity index (χ2v) is 10.5. The van der Waals surface area contributed by atoms with Crippen molar-refractivity contribution in [1.29, 1.82) is 0 Å². The summed E-state index contributed by atoms with van der Waals surface area (Å²) in [5.41, 5.74) is 5.18. The molecule has 0 amide bonds. The summed E-state index contributed by atoms with van der Waals surface area (Å²) in [4.78, 5) is 24.9. The van der Waals surface area contributed by atoms with Gasteiger partial charge in [-0.05, 0) is 48.8 Å². The van der Waals surface area contributed by atoms with Crippen LogP contribution in [0, 0.1) is 12.3 Å². The van der Waals surface area contributed by atoms with Crippen LogP contribution in [0.1, 0.15) is 63.8 Å². The fourth-order valence-electron chi connectivity index (χ4n) is 4.48. The van der Waals surface area contributed by atoms with Crippen LogP contribution in [-0.4, -0.2) is 23.5 Å². The number of nitrogens with zero attached hydrogens (tertiary/aromatic N) is 1. The molecule has 1 aliphatic carbocycles. The van der Waals surface area contributed by atoms with E-state index in [-0.39, 0.29) is 17.2 Å². The largest absolute Gasteiger partial charge is 0.465 e. The molecule has 4 rings (SSSR count). The van der Waals surface area contributed by atoms with Gasteiger partial charge in [0, 0.05) is 24.0 Å². The predicted molar refractivity (Wildman–Crippen MR) is 132 cm³/mol. The first-order valence-corrected chi connectivity index (χ1v) is 12.0. The number of hydrogen-bond acceptors (Lipinski definition) is 5. The number of aryl methyl sites for hydroxylation is 1. The van der Waals surface area contributed by atoms with Crippen molar-refractivity contribution in [2.24, 2.45) is 5.41 Å². The molecule has 1 saturated carbocycles. The number of carbonyl (C=O) groups is 2. The zero-order valence-electron chi connectivity index (χ0n) is 20.7. The number of carbonyl (C=O) groups excluding carboxylic acids is 2. The number of rotatable bonds is 8. The van der Waals surface area contributed by atoms with Crippen LogP contribution in [0.15, 0.2) is 53.1 Å². The molecular formula is C29H33NO4. The minimum Gasteiger partial charge on any atom is -0.465 e. The average molecular weight is 460 g/mol. The van der Waals surface area contributed by atoms with Crippen molar-refractivity contribution >= 4 is 11.8 Å². The summed E-state index contributed by atoms with van der Waals surface area (Å²) in [5, 5.41) is 4.12. The first kappa shape index (κ1) is 23.9. The minimum atomic E-state index is -0.455. The second kappa shape index (κ2) is 9.21. The van der Waals surface area contributed by atoms with E-state index < -0.39 is 5.41 Å². The van der Waals surface area contributed by atoms with Crippen LogP contribution >= 0.6 is 0 Å². The van der Waals surface area contributed by atoms with Crippen molar-refractivity contribution in [3.63, 3.8) is 0 Å². The molecule has 5 nitrogen and oxygen atoms in total. The Balaban J connectivity index is 1.51. The number of esters is 1. The molecule has 0 aliphatic heterocycles. The highest BCUT2D eigenvalue weighted by atomic mass is 16.5. The molecule has 0 atom stereocenters. The number of hydrogen-bond donors (Lipinski definition) is 0. The van der Waals surface area contributed by atoms with Crippen LogP contribution in [0.25, 0.3) is 22.5 Å². The van der Waals surface area contributed by atoms with Gasteiger partial charge in [0.25, 0.3) is 0 Å². The standard InChI is InChI=1S/C29H33NO4/c1-6-33-27(32)29(15-16-29)23-13-11-21(12-14-23)20-7-9-22(10-8-20)26-25(19(2)30-34-26)17-24(31)18-28(3,4)5/h7-14H,6,15-18H2,1-5H3. The zero-order valence-corrected chi connectivity index (χ0v) is 20.7. The van der Waals surface area contributed by atoms with Gasteiger partial charge < -0.3 is 9.26 Å². The second-order valence-electron chi connectivity index (χ2n) is 10.5. The van der Waals surface area contributed by atoms with Gasteiger partial charge in [-0.2, -0.15) is 0 Å². The van der Waals surface area contributed by atoms with E-state index in [0.29, 0.717) is 25.2 Å². The van der Waals surface area contributed by atoms with E-state index in [4.69, 9.17) is 9.26 Å². The minimum absolute atomic E-state index is 0.0466. The Kier molecular flexibility index (Phi) is 6.48. The topological polar surface area (TPSA) is 69.4 Å². The summed E-state index contributed by atoms with van der Waals surface area (Å²) in [6, 6.07) is 16.3. The summed E-state index contributed by atoms with van der Waals surface area (Å²) >= 11 is 0. The molecule has 5 heteroatoms. The van der Waals surface area contributed by atoms with Crippen molar-refractivity contribution in [3.8, 4) is 22.5 Å². The normalized spacial score (nSPS) is 14.6. The van der Waals surface area contributed by atoms with E-state index in [9.17, 15) is 9.59 Å². The fraction of sp³-hybridized carbons (Fsp3) is 0.414. The van der Waals surface area contributed by atoms with E-state index in [2.05, 4.69) is 38.1 Å². The number of ether oxygens (including phenoxy) is 1. The molecule has 178 valence electrons. The van der Waals surface area contributed by atoms with Gasteiger partial charge in [-0.3, -0.25) is 9.59 Å². The Morgan fingerprint density at radius 3 is 2.06 bits per heavy atom. The van der Waals surface area contributed by atoms with Crippen molar-refractivity contribution in [2.75, 3.05) is 6.61 Å². The van der Waals surface area contributed by atoms with Crippen LogP contribution in [0.5, 0.6) is 0 Å². The lowest BCUT2D eigenvalue weighted by Gasteiger charge is -2.16. The predicted octanol–water partition coefficient (Wildman–Crippen LogP) is 6.46. The highest BCUT2D eigenvalue weighted by molar-refractivity contribution is 5.87. The quantitative estimate of drug-likeness (QED) is 0.362. The molecule has 0 bridgehead atoms. The average Bonchev–Trinajstić information content (AvgIpc) is 3.53. The molecule has 0 saturated heterocycles. The van der Waals surface area contributed by atoms with Crippen LogP contribution in [-0.2, 0) is 26.2 Å². The van der Waals surface area contributed by atoms with Gasteiger partial charge in [-0.1, -0.05) is 74.5 Å². The third kappa shape index (κ3) is 4.98. The smallest absolute Gasteiger partial charge is 0.316 e. The number of aromatic nitrogens is 1. The SMILES string of the molecule is CCOC(=O)C1(c2ccc(-c3ccc(-c4onc(C)c4CC(=O)CC(C)(C)C)cc3)cc2)CC1. The third-order valence-electron chi connectivity index (χ3n) is 6.42. The summed E-state index contributed by atoms with van der Waals surface area (Å²) in [7, 11) is 0. The fourth-order valence-corrected chi connectivity index (χ4v) is 4.48. The maximum Gasteiger partial charge on any atom is 0.316 e. The van der Waals surface area contributed by atoms with Gasteiger partial charge >= 0.3 is 5.97 Å². The van der Waals surface area contributed by atoms with Gasteiger partial charge in [0.05, 0.1) is 17.7 Å². The van der Waals surface area contributed by atoms with E-state index in [0.717, 1.165) is 46.4 Å². The molecule has 1 aromatic heterocycles. The van der Waals surface area contributed by atoms with Crippen LogP contribution in [0.4, 0.5) is 0 Å². The maximum absolute atomic E-state index is 12.6. The molecule has 2 aromatic carbocycles. The molecule has 1 fully saturated rings. The van der Waals surface area contributed by atoms with Crippen LogP contribution < -0.4 is 0 Å². The summed E-state index contributed by atoms with van der Waals surface area (Å²) in [6.07, 6.45) is 2.53. The van der Waals surface area contributed by atoms with Gasteiger partial charge in [-0.25, -0.2) is 0 Å². The summed E-state index contributed by atoms with van der Waals surface area (Å²) in [5.74, 6) is 0.728. The van der Waals surface area contributed by atoms with Crippen molar-refractivity contribution < 1.29 is 18.8 Å². The lowest BCUT2D eigenvalue weighted by atomic mass is 9.87. The van der Waals surface area contributed by atoms with Gasteiger partial charge in [0.1, 0.15) is 5.78 Å². The Hall–Kier alpha value is -3.21. The molecular weight excluding hydrogens is 426 g/mol. The van der Waals surface area contributed by atoms with Crippen molar-refractivity contribution in [3.05, 3.63) is 65.4 Å². The van der Waals surface area contributed by atoms with Gasteiger partial charge in [0.15, 0.2) is 5.76 Å². The molecule has 34 heavy (non-hydrogen) atoms. The molecule has 1 aliphatic rings. The van der Waals surface area contributed by atoms with Crippen molar-refractivity contribution in [2.45, 2.75) is 65.7 Å². The molecule has 0 spiro atoms. The zero-order chi connectivity index (χ0) is 24.5. The van der Waals surface area contributed by atoms with E-state index >= 15 is 0 Å². The Bertz CT molecular complexity index is 1180. The summed E-state index contributed by atoms with van der Waals surface area (Å²) < 4.78 is 10.9. The van der Waals surface area contributed by atoms with Crippen LogP contribution in [0.3, 0.4) is 0 Å².